The highest BCUT2D eigenvalue weighted by Crippen LogP contribution is 2.22. The van der Waals surface area contributed by atoms with Crippen LogP contribution in [0.2, 0.25) is 0 Å². The van der Waals surface area contributed by atoms with E-state index in [0.717, 1.165) is 42.0 Å². The molecule has 1 fully saturated rings. The first-order valence-corrected chi connectivity index (χ1v) is 9.26. The predicted molar refractivity (Wildman–Crippen MR) is 98.1 cm³/mol. The average Bonchev–Trinajstić information content (AvgIpc) is 3.13. The first-order chi connectivity index (χ1) is 11.5. The number of fused-ring (bicyclic) bond motifs is 1. The maximum atomic E-state index is 12.4. The van der Waals surface area contributed by atoms with Gasteiger partial charge < -0.3 is 9.80 Å². The lowest BCUT2D eigenvalue weighted by molar-refractivity contribution is -0.132. The molecule has 3 heterocycles. The van der Waals surface area contributed by atoms with Gasteiger partial charge in [0.05, 0.1) is 6.20 Å². The van der Waals surface area contributed by atoms with Gasteiger partial charge in [0.25, 0.3) is 0 Å². The molecular formula is C17H24BrN5O. The summed E-state index contributed by atoms with van der Waals surface area (Å²) in [5.41, 5.74) is 0.814. The molecule has 1 aliphatic heterocycles. The second kappa shape index (κ2) is 7.09. The minimum absolute atomic E-state index is 0.268. The van der Waals surface area contributed by atoms with Crippen LogP contribution in [-0.2, 0) is 4.79 Å². The lowest BCUT2D eigenvalue weighted by Crippen LogP contribution is -2.42. The highest BCUT2D eigenvalue weighted by molar-refractivity contribution is 9.10. The molecule has 0 bridgehead atoms. The Balaban J connectivity index is 1.71. The third-order valence-corrected chi connectivity index (χ3v) is 5.00. The van der Waals surface area contributed by atoms with Crippen LogP contribution < -0.4 is 4.90 Å². The number of carbonyl (C=O) groups excluding carboxylic acids is 1. The number of nitrogens with zero attached hydrogens (tertiary/aromatic N) is 5. The molecule has 0 saturated carbocycles. The lowest BCUT2D eigenvalue weighted by Gasteiger charge is -2.29. The number of likely N-dealkylation sites (tertiary alicyclic amines) is 1. The highest BCUT2D eigenvalue weighted by atomic mass is 79.9. The highest BCUT2D eigenvalue weighted by Gasteiger charge is 2.29. The van der Waals surface area contributed by atoms with Gasteiger partial charge >= 0.3 is 0 Å². The summed E-state index contributed by atoms with van der Waals surface area (Å²) in [4.78, 5) is 20.9. The Hall–Kier alpha value is -1.63. The van der Waals surface area contributed by atoms with Crippen molar-refractivity contribution in [3.05, 3.63) is 22.9 Å². The van der Waals surface area contributed by atoms with E-state index in [1.807, 2.05) is 19.2 Å². The number of likely N-dealkylation sites (N-methyl/N-ethyl adjacent to an activating group) is 1. The van der Waals surface area contributed by atoms with Crippen LogP contribution in [0.5, 0.6) is 0 Å². The Kier molecular flexibility index (Phi) is 5.08. The van der Waals surface area contributed by atoms with Crippen LogP contribution in [0.4, 0.5) is 5.82 Å². The number of hydrogen-bond donors (Lipinski definition) is 0. The van der Waals surface area contributed by atoms with Crippen molar-refractivity contribution in [3.8, 4) is 0 Å². The van der Waals surface area contributed by atoms with Crippen molar-refractivity contribution in [3.63, 3.8) is 0 Å². The Labute approximate surface area is 151 Å². The first kappa shape index (κ1) is 17.2. The largest absolute Gasteiger partial charge is 0.356 e. The van der Waals surface area contributed by atoms with E-state index >= 15 is 0 Å². The predicted octanol–water partition coefficient (Wildman–Crippen LogP) is 2.97. The maximum Gasteiger partial charge on any atom is 0.223 e. The van der Waals surface area contributed by atoms with Crippen LogP contribution in [0.25, 0.3) is 5.65 Å². The van der Waals surface area contributed by atoms with Crippen molar-refractivity contribution < 1.29 is 4.79 Å². The summed E-state index contributed by atoms with van der Waals surface area (Å²) in [5.74, 6) is 1.56. The zero-order valence-corrected chi connectivity index (χ0v) is 16.0. The van der Waals surface area contributed by atoms with E-state index in [0.29, 0.717) is 12.3 Å². The topological polar surface area (TPSA) is 53.7 Å². The minimum Gasteiger partial charge on any atom is -0.356 e. The molecule has 0 radical (unpaired) electrons. The van der Waals surface area contributed by atoms with Crippen LogP contribution in [0.15, 0.2) is 22.9 Å². The van der Waals surface area contributed by atoms with Crippen LogP contribution in [0.1, 0.15) is 33.1 Å². The van der Waals surface area contributed by atoms with Gasteiger partial charge in [0.15, 0.2) is 5.65 Å². The summed E-state index contributed by atoms with van der Waals surface area (Å²) >= 11 is 3.46. The van der Waals surface area contributed by atoms with E-state index < -0.39 is 0 Å². The van der Waals surface area contributed by atoms with Gasteiger partial charge in [-0.15, -0.1) is 5.10 Å². The number of imidazole rings is 1. The van der Waals surface area contributed by atoms with Gasteiger partial charge in [-0.25, -0.2) is 9.50 Å². The van der Waals surface area contributed by atoms with E-state index in [-0.39, 0.29) is 11.9 Å². The molecule has 0 aromatic carbocycles. The van der Waals surface area contributed by atoms with Crippen molar-refractivity contribution in [2.24, 2.45) is 5.92 Å². The zero-order chi connectivity index (χ0) is 17.3. The van der Waals surface area contributed by atoms with Crippen molar-refractivity contribution in [2.75, 3.05) is 25.0 Å². The fourth-order valence-corrected chi connectivity index (χ4v) is 3.63. The SMILES string of the molecule is CC(C)CC(=O)N1CCCC1CN(C)c1ccc2ncc(Br)n2n1. The lowest BCUT2D eigenvalue weighted by atomic mass is 10.1. The van der Waals surface area contributed by atoms with Crippen LogP contribution in [-0.4, -0.2) is 51.6 Å². The molecule has 3 rings (SSSR count). The van der Waals surface area contributed by atoms with Gasteiger partial charge in [0.2, 0.25) is 5.91 Å². The quantitative estimate of drug-likeness (QED) is 0.783. The number of hydrogen-bond acceptors (Lipinski definition) is 4. The molecule has 0 N–H and O–H groups in total. The van der Waals surface area contributed by atoms with E-state index in [2.05, 4.69) is 49.7 Å². The summed E-state index contributed by atoms with van der Waals surface area (Å²) in [6.45, 7) is 5.87. The number of amides is 1. The molecule has 6 nitrogen and oxygen atoms in total. The average molecular weight is 394 g/mol. The first-order valence-electron chi connectivity index (χ1n) is 8.46. The molecule has 0 spiro atoms. The maximum absolute atomic E-state index is 12.4. The molecule has 2 aromatic heterocycles. The van der Waals surface area contributed by atoms with Crippen molar-refractivity contribution in [1.82, 2.24) is 19.5 Å². The summed E-state index contributed by atoms with van der Waals surface area (Å²) in [5, 5.41) is 4.62. The molecular weight excluding hydrogens is 370 g/mol. The number of anilines is 1. The Morgan fingerprint density at radius 3 is 3.00 bits per heavy atom. The summed E-state index contributed by atoms with van der Waals surface area (Å²) < 4.78 is 2.62. The van der Waals surface area contributed by atoms with Crippen LogP contribution in [0.3, 0.4) is 0 Å². The van der Waals surface area contributed by atoms with Crippen molar-refractivity contribution in [1.29, 1.82) is 0 Å². The molecule has 1 amide bonds. The molecule has 24 heavy (non-hydrogen) atoms. The number of carbonyl (C=O) groups is 1. The molecule has 1 saturated heterocycles. The number of aromatic nitrogens is 3. The molecule has 1 atom stereocenters. The molecule has 2 aromatic rings. The third kappa shape index (κ3) is 3.55. The van der Waals surface area contributed by atoms with Crippen molar-refractivity contribution >= 4 is 33.3 Å². The number of rotatable bonds is 5. The summed E-state index contributed by atoms with van der Waals surface area (Å²) in [7, 11) is 2.03. The van der Waals surface area contributed by atoms with Gasteiger partial charge in [0.1, 0.15) is 10.4 Å². The van der Waals surface area contributed by atoms with Crippen LogP contribution >= 0.6 is 15.9 Å². The third-order valence-electron chi connectivity index (χ3n) is 4.46. The van der Waals surface area contributed by atoms with Crippen LogP contribution in [0, 0.1) is 5.92 Å². The second-order valence-corrected chi connectivity index (χ2v) is 7.72. The Morgan fingerprint density at radius 2 is 2.25 bits per heavy atom. The normalized spacial score (nSPS) is 17.9. The van der Waals surface area contributed by atoms with E-state index in [9.17, 15) is 4.79 Å². The fraction of sp³-hybridized carbons (Fsp3) is 0.588. The van der Waals surface area contributed by atoms with Gasteiger partial charge in [-0.1, -0.05) is 13.8 Å². The zero-order valence-electron chi connectivity index (χ0n) is 14.4. The smallest absolute Gasteiger partial charge is 0.223 e. The van der Waals surface area contributed by atoms with Gasteiger partial charge in [0, 0.05) is 32.6 Å². The van der Waals surface area contributed by atoms with Crippen molar-refractivity contribution in [2.45, 2.75) is 39.2 Å². The summed E-state index contributed by atoms with van der Waals surface area (Å²) in [6, 6.07) is 4.20. The summed E-state index contributed by atoms with van der Waals surface area (Å²) in [6.07, 6.45) is 4.52. The molecule has 130 valence electrons. The molecule has 1 unspecified atom stereocenters. The standard InChI is InChI=1S/C17H24BrN5O/c1-12(2)9-17(24)22-8-4-5-13(22)11-21(3)16-7-6-15-19-10-14(18)23(15)20-16/h6-7,10,12-13H,4-5,8-9,11H2,1-3H3. The monoisotopic (exact) mass is 393 g/mol. The van der Waals surface area contributed by atoms with Gasteiger partial charge in [-0.2, -0.15) is 0 Å². The Morgan fingerprint density at radius 1 is 1.46 bits per heavy atom. The van der Waals surface area contributed by atoms with E-state index in [4.69, 9.17) is 0 Å². The molecule has 7 heteroatoms. The van der Waals surface area contributed by atoms with Gasteiger partial charge in [-0.3, -0.25) is 4.79 Å². The fourth-order valence-electron chi connectivity index (χ4n) is 3.27. The minimum atomic E-state index is 0.268. The molecule has 1 aliphatic rings. The second-order valence-electron chi connectivity index (χ2n) is 6.90. The molecule has 0 aliphatic carbocycles. The van der Waals surface area contributed by atoms with E-state index in [1.165, 1.54) is 0 Å². The Bertz CT molecular complexity index is 729. The van der Waals surface area contributed by atoms with Gasteiger partial charge in [-0.05, 0) is 46.8 Å². The number of halogens is 1. The van der Waals surface area contributed by atoms with E-state index in [1.54, 1.807) is 10.7 Å².